The monoisotopic (exact) mass is 204 g/mol. The third kappa shape index (κ3) is 3.66. The molecule has 0 spiro atoms. The van der Waals surface area contributed by atoms with Gasteiger partial charge in [-0.05, 0) is 18.9 Å². The van der Waals surface area contributed by atoms with Crippen LogP contribution in [0.5, 0.6) is 0 Å². The summed E-state index contributed by atoms with van der Waals surface area (Å²) in [6.45, 7) is 3.43. The molecule has 0 aromatic heterocycles. The van der Waals surface area contributed by atoms with Crippen molar-refractivity contribution in [2.24, 2.45) is 0 Å². The van der Waals surface area contributed by atoms with Crippen molar-refractivity contribution in [1.82, 2.24) is 0 Å². The zero-order chi connectivity index (χ0) is 11.3. The smallest absolute Gasteiger partial charge is 0.159 e. The Balaban J connectivity index is 2.57. The Bertz CT molecular complexity index is 349. The second-order valence-electron chi connectivity index (χ2n) is 3.65. The normalized spacial score (nSPS) is 10.0. The number of benzene rings is 1. The summed E-state index contributed by atoms with van der Waals surface area (Å²) in [5.41, 5.74) is 1.84. The molecule has 0 bridgehead atoms. The lowest BCUT2D eigenvalue weighted by Crippen LogP contribution is -1.98. The van der Waals surface area contributed by atoms with E-state index in [1.807, 2.05) is 31.2 Å². The van der Waals surface area contributed by atoms with Gasteiger partial charge in [-0.3, -0.25) is 9.59 Å². The molecule has 0 aliphatic heterocycles. The first-order valence-electron chi connectivity index (χ1n) is 5.25. The molecule has 1 aromatic carbocycles. The topological polar surface area (TPSA) is 34.1 Å². The van der Waals surface area contributed by atoms with E-state index in [0.29, 0.717) is 12.8 Å². The Labute approximate surface area is 90.3 Å². The molecule has 2 heteroatoms. The molecule has 0 N–H and O–H groups in total. The molecule has 0 atom stereocenters. The molecule has 0 heterocycles. The number of rotatable bonds is 5. The van der Waals surface area contributed by atoms with E-state index in [4.69, 9.17) is 0 Å². The Hall–Kier alpha value is -1.44. The van der Waals surface area contributed by atoms with Gasteiger partial charge in [0.05, 0.1) is 0 Å². The number of hydrogen-bond donors (Lipinski definition) is 0. The minimum absolute atomic E-state index is 0.0752. The summed E-state index contributed by atoms with van der Waals surface area (Å²) in [5.74, 6) is 0.358. The van der Waals surface area contributed by atoms with Crippen molar-refractivity contribution in [3.05, 3.63) is 35.4 Å². The number of hydrogen-bond acceptors (Lipinski definition) is 2. The summed E-state index contributed by atoms with van der Waals surface area (Å²) < 4.78 is 0. The highest BCUT2D eigenvalue weighted by atomic mass is 16.1. The van der Waals surface area contributed by atoms with Crippen molar-refractivity contribution in [2.45, 2.75) is 33.1 Å². The maximum absolute atomic E-state index is 11.1. The standard InChI is InChI=1S/C13H16O2/c1-3-13(15)9-6-11-4-7-12(8-5-11)10(2)14/h4-5,7-8H,3,6,9H2,1-2H3. The average Bonchev–Trinajstić information content (AvgIpc) is 2.26. The first-order chi connectivity index (χ1) is 7.13. The van der Waals surface area contributed by atoms with E-state index in [-0.39, 0.29) is 11.6 Å². The lowest BCUT2D eigenvalue weighted by Gasteiger charge is -2.01. The van der Waals surface area contributed by atoms with Gasteiger partial charge >= 0.3 is 0 Å². The first-order valence-corrected chi connectivity index (χ1v) is 5.25. The van der Waals surface area contributed by atoms with Crippen molar-refractivity contribution in [2.75, 3.05) is 0 Å². The zero-order valence-electron chi connectivity index (χ0n) is 9.25. The Kier molecular flexibility index (Phi) is 4.22. The van der Waals surface area contributed by atoms with E-state index in [1.54, 1.807) is 6.92 Å². The van der Waals surface area contributed by atoms with Crippen molar-refractivity contribution in [1.29, 1.82) is 0 Å². The van der Waals surface area contributed by atoms with Crippen LogP contribution < -0.4 is 0 Å². The van der Waals surface area contributed by atoms with Crippen LogP contribution in [0, 0.1) is 0 Å². The third-order valence-electron chi connectivity index (χ3n) is 2.45. The summed E-state index contributed by atoms with van der Waals surface area (Å²) >= 11 is 0. The maximum atomic E-state index is 11.1. The van der Waals surface area contributed by atoms with Gasteiger partial charge in [0.15, 0.2) is 5.78 Å². The van der Waals surface area contributed by atoms with Crippen molar-refractivity contribution >= 4 is 11.6 Å². The number of ketones is 2. The molecule has 0 saturated carbocycles. The van der Waals surface area contributed by atoms with Gasteiger partial charge in [-0.1, -0.05) is 31.2 Å². The Morgan fingerprint density at radius 1 is 1.13 bits per heavy atom. The molecule has 2 nitrogen and oxygen atoms in total. The largest absolute Gasteiger partial charge is 0.300 e. The van der Waals surface area contributed by atoms with Crippen molar-refractivity contribution < 1.29 is 9.59 Å². The molecule has 15 heavy (non-hydrogen) atoms. The summed E-state index contributed by atoms with van der Waals surface area (Å²) in [6, 6.07) is 7.46. The van der Waals surface area contributed by atoms with Crippen LogP contribution in [-0.2, 0) is 11.2 Å². The first kappa shape index (κ1) is 11.6. The zero-order valence-corrected chi connectivity index (χ0v) is 9.25. The molecule has 0 unspecified atom stereocenters. The minimum Gasteiger partial charge on any atom is -0.300 e. The van der Waals surface area contributed by atoms with E-state index in [2.05, 4.69) is 0 Å². The predicted octanol–water partition coefficient (Wildman–Crippen LogP) is 2.80. The van der Waals surface area contributed by atoms with E-state index in [9.17, 15) is 9.59 Å². The Morgan fingerprint density at radius 2 is 1.73 bits per heavy atom. The van der Waals surface area contributed by atoms with E-state index >= 15 is 0 Å². The molecule has 0 saturated heterocycles. The molecule has 80 valence electrons. The summed E-state index contributed by atoms with van der Waals surface area (Å²) in [5, 5.41) is 0. The molecule has 1 rings (SSSR count). The van der Waals surface area contributed by atoms with Crippen LogP contribution in [-0.4, -0.2) is 11.6 Å². The van der Waals surface area contributed by atoms with Crippen LogP contribution in [0.25, 0.3) is 0 Å². The van der Waals surface area contributed by atoms with Crippen molar-refractivity contribution in [3.63, 3.8) is 0 Å². The predicted molar refractivity (Wildman–Crippen MR) is 60.1 cm³/mol. The van der Waals surface area contributed by atoms with Crippen LogP contribution in [0.2, 0.25) is 0 Å². The van der Waals surface area contributed by atoms with Gasteiger partial charge in [-0.15, -0.1) is 0 Å². The molecular weight excluding hydrogens is 188 g/mol. The molecule has 0 fully saturated rings. The number of aryl methyl sites for hydroxylation is 1. The lowest BCUT2D eigenvalue weighted by atomic mass is 10.0. The summed E-state index contributed by atoms with van der Waals surface area (Å²) in [7, 11) is 0. The lowest BCUT2D eigenvalue weighted by molar-refractivity contribution is -0.118. The van der Waals surface area contributed by atoms with Crippen LogP contribution in [0.15, 0.2) is 24.3 Å². The van der Waals surface area contributed by atoms with E-state index in [0.717, 1.165) is 17.5 Å². The van der Waals surface area contributed by atoms with Crippen molar-refractivity contribution in [3.8, 4) is 0 Å². The number of carbonyl (C=O) groups is 2. The van der Waals surface area contributed by atoms with Gasteiger partial charge in [-0.2, -0.15) is 0 Å². The second kappa shape index (κ2) is 5.44. The summed E-state index contributed by atoms with van der Waals surface area (Å²) in [6.07, 6.45) is 1.96. The molecule has 0 amide bonds. The fourth-order valence-electron chi connectivity index (χ4n) is 1.37. The molecule has 0 aliphatic rings. The highest BCUT2D eigenvalue weighted by Crippen LogP contribution is 2.08. The fraction of sp³-hybridized carbons (Fsp3) is 0.385. The fourth-order valence-corrected chi connectivity index (χ4v) is 1.37. The van der Waals surface area contributed by atoms with Gasteiger partial charge in [0.25, 0.3) is 0 Å². The minimum atomic E-state index is 0.0752. The van der Waals surface area contributed by atoms with Crippen LogP contribution in [0.1, 0.15) is 42.6 Å². The van der Waals surface area contributed by atoms with Gasteiger partial charge in [0, 0.05) is 18.4 Å². The van der Waals surface area contributed by atoms with Crippen LogP contribution in [0.3, 0.4) is 0 Å². The number of Topliss-reactive ketones (excluding diaryl/α,β-unsaturated/α-hetero) is 2. The van der Waals surface area contributed by atoms with Gasteiger partial charge in [0.1, 0.15) is 5.78 Å². The molecule has 0 aliphatic carbocycles. The molecular formula is C13H16O2. The average molecular weight is 204 g/mol. The van der Waals surface area contributed by atoms with Gasteiger partial charge in [0.2, 0.25) is 0 Å². The molecule has 1 aromatic rings. The van der Waals surface area contributed by atoms with E-state index in [1.165, 1.54) is 0 Å². The quantitative estimate of drug-likeness (QED) is 0.691. The van der Waals surface area contributed by atoms with Gasteiger partial charge < -0.3 is 0 Å². The van der Waals surface area contributed by atoms with Gasteiger partial charge in [-0.25, -0.2) is 0 Å². The number of carbonyl (C=O) groups excluding carboxylic acids is 2. The van der Waals surface area contributed by atoms with Crippen LogP contribution >= 0.6 is 0 Å². The Morgan fingerprint density at radius 3 is 2.20 bits per heavy atom. The molecule has 0 radical (unpaired) electrons. The van der Waals surface area contributed by atoms with E-state index < -0.39 is 0 Å². The highest BCUT2D eigenvalue weighted by molar-refractivity contribution is 5.94. The summed E-state index contributed by atoms with van der Waals surface area (Å²) in [4.78, 5) is 22.1. The van der Waals surface area contributed by atoms with Crippen LogP contribution in [0.4, 0.5) is 0 Å². The maximum Gasteiger partial charge on any atom is 0.159 e. The third-order valence-corrected chi connectivity index (χ3v) is 2.45. The highest BCUT2D eigenvalue weighted by Gasteiger charge is 2.01. The second-order valence-corrected chi connectivity index (χ2v) is 3.65. The SMILES string of the molecule is CCC(=O)CCc1ccc(C(C)=O)cc1.